The van der Waals surface area contributed by atoms with Gasteiger partial charge in [0.25, 0.3) is 6.17 Å². The van der Waals surface area contributed by atoms with Gasteiger partial charge in [-0.3, -0.25) is 0 Å². The van der Waals surface area contributed by atoms with Gasteiger partial charge in [0.15, 0.2) is 0 Å². The summed E-state index contributed by atoms with van der Waals surface area (Å²) in [5.41, 5.74) is 0. The zero-order valence-corrected chi connectivity index (χ0v) is 8.82. The molecule has 0 heterocycles. The summed E-state index contributed by atoms with van der Waals surface area (Å²) in [4.78, 5) is 21.6. The van der Waals surface area contributed by atoms with Gasteiger partial charge in [-0.15, -0.1) is 0 Å². The maximum absolute atomic E-state index is 12.9. The first-order valence-corrected chi connectivity index (χ1v) is 4.59. The van der Waals surface area contributed by atoms with E-state index in [4.69, 9.17) is 4.74 Å². The summed E-state index contributed by atoms with van der Waals surface area (Å²) in [5, 5.41) is 0. The van der Waals surface area contributed by atoms with Crippen LogP contribution in [0.4, 0.5) is 4.39 Å². The average Bonchev–Trinajstić information content (AvgIpc) is 2.23. The minimum atomic E-state index is -2.35. The lowest BCUT2D eigenvalue weighted by Gasteiger charge is -2.07. The molecule has 0 bridgehead atoms. The molecule has 0 saturated heterocycles. The van der Waals surface area contributed by atoms with E-state index >= 15 is 0 Å². The summed E-state index contributed by atoms with van der Waals surface area (Å²) in [5.74, 6) is -2.43. The first kappa shape index (κ1) is 13.8. The Hall–Kier alpha value is -1.17. The second kappa shape index (κ2) is 8.16. The maximum Gasteiger partial charge on any atom is 0.352 e. The topological polar surface area (TPSA) is 61.8 Å². The van der Waals surface area contributed by atoms with Crippen LogP contribution in [0.2, 0.25) is 0 Å². The second-order valence-electron chi connectivity index (χ2n) is 2.63. The van der Waals surface area contributed by atoms with Crippen molar-refractivity contribution in [1.82, 2.24) is 0 Å². The summed E-state index contributed by atoms with van der Waals surface area (Å²) >= 11 is 0. The minimum absolute atomic E-state index is 0.0203. The molecule has 0 amide bonds. The van der Waals surface area contributed by atoms with Crippen molar-refractivity contribution in [2.24, 2.45) is 0 Å². The van der Waals surface area contributed by atoms with Crippen molar-refractivity contribution in [2.75, 3.05) is 26.9 Å². The van der Waals surface area contributed by atoms with Gasteiger partial charge in [-0.05, 0) is 6.92 Å². The molecule has 0 radical (unpaired) electrons. The van der Waals surface area contributed by atoms with Gasteiger partial charge in [-0.25, -0.2) is 14.0 Å². The average molecular weight is 222 g/mol. The quantitative estimate of drug-likeness (QED) is 0.356. The molecule has 0 saturated carbocycles. The lowest BCUT2D eigenvalue weighted by atomic mass is 10.4. The van der Waals surface area contributed by atoms with E-state index in [-0.39, 0.29) is 13.2 Å². The molecule has 0 aliphatic rings. The number of hydrogen-bond donors (Lipinski definition) is 0. The van der Waals surface area contributed by atoms with E-state index in [1.807, 2.05) is 0 Å². The van der Waals surface area contributed by atoms with Gasteiger partial charge in [-0.1, -0.05) is 0 Å². The van der Waals surface area contributed by atoms with Crippen LogP contribution in [0.25, 0.3) is 0 Å². The maximum atomic E-state index is 12.9. The first-order chi connectivity index (χ1) is 7.13. The fourth-order valence-electron chi connectivity index (χ4n) is 0.761. The number of ether oxygens (including phenoxy) is 3. The van der Waals surface area contributed by atoms with E-state index in [2.05, 4.69) is 9.47 Å². The molecule has 0 aliphatic carbocycles. The van der Waals surface area contributed by atoms with E-state index < -0.39 is 18.1 Å². The number of carbonyl (C=O) groups excluding carboxylic acids is 2. The van der Waals surface area contributed by atoms with Gasteiger partial charge in [0.05, 0.1) is 13.2 Å². The number of esters is 2. The molecule has 0 rings (SSSR count). The predicted molar refractivity (Wildman–Crippen MR) is 49.0 cm³/mol. The third-order valence-electron chi connectivity index (χ3n) is 1.44. The van der Waals surface area contributed by atoms with Crippen LogP contribution in [0.3, 0.4) is 0 Å². The molecule has 0 aliphatic heterocycles. The number of carbonyl (C=O) groups is 2. The zero-order chi connectivity index (χ0) is 11.7. The van der Waals surface area contributed by atoms with Crippen molar-refractivity contribution in [1.29, 1.82) is 0 Å². The van der Waals surface area contributed by atoms with Gasteiger partial charge in [0.1, 0.15) is 0 Å². The number of hydrogen-bond acceptors (Lipinski definition) is 5. The fraction of sp³-hybridized carbons (Fsp3) is 0.778. The van der Waals surface area contributed by atoms with Crippen LogP contribution < -0.4 is 0 Å². The number of halogens is 1. The Balaban J connectivity index is 3.73. The van der Waals surface area contributed by atoms with Crippen LogP contribution in [0.5, 0.6) is 0 Å². The van der Waals surface area contributed by atoms with Gasteiger partial charge in [-0.2, -0.15) is 0 Å². The molecule has 0 N–H and O–H groups in total. The van der Waals surface area contributed by atoms with E-state index in [0.717, 1.165) is 0 Å². The van der Waals surface area contributed by atoms with Crippen LogP contribution in [0.15, 0.2) is 0 Å². The van der Waals surface area contributed by atoms with Crippen LogP contribution in [-0.2, 0) is 23.8 Å². The smallest absolute Gasteiger partial charge is 0.352 e. The highest BCUT2D eigenvalue weighted by Crippen LogP contribution is 1.99. The molecule has 88 valence electrons. The first-order valence-electron chi connectivity index (χ1n) is 4.59. The zero-order valence-electron chi connectivity index (χ0n) is 8.82. The van der Waals surface area contributed by atoms with Crippen LogP contribution >= 0.6 is 0 Å². The Labute approximate surface area is 87.5 Å². The van der Waals surface area contributed by atoms with Crippen molar-refractivity contribution in [3.63, 3.8) is 0 Å². The number of methoxy groups -OCH3 is 1. The summed E-state index contributed by atoms with van der Waals surface area (Å²) in [6, 6.07) is 0. The van der Waals surface area contributed by atoms with Gasteiger partial charge < -0.3 is 14.2 Å². The predicted octanol–water partition coefficient (Wildman–Crippen LogP) is 0.467. The molecule has 15 heavy (non-hydrogen) atoms. The highest BCUT2D eigenvalue weighted by Gasteiger charge is 2.28. The van der Waals surface area contributed by atoms with Crippen molar-refractivity contribution in [2.45, 2.75) is 19.5 Å². The molecule has 0 fully saturated rings. The summed E-state index contributed by atoms with van der Waals surface area (Å²) < 4.78 is 26.4. The normalized spacial score (nSPS) is 11.9. The van der Waals surface area contributed by atoms with Gasteiger partial charge in [0.2, 0.25) is 0 Å². The molecule has 0 aromatic rings. The van der Waals surface area contributed by atoms with Crippen LogP contribution in [0.1, 0.15) is 13.3 Å². The number of rotatable bonds is 7. The lowest BCUT2D eigenvalue weighted by Crippen LogP contribution is -2.29. The molecule has 0 aromatic heterocycles. The van der Waals surface area contributed by atoms with E-state index in [1.54, 1.807) is 0 Å². The van der Waals surface area contributed by atoms with E-state index in [1.165, 1.54) is 14.0 Å². The van der Waals surface area contributed by atoms with E-state index in [0.29, 0.717) is 13.0 Å². The van der Waals surface area contributed by atoms with Crippen molar-refractivity contribution in [3.05, 3.63) is 0 Å². The standard InChI is InChI=1S/C9H15FO5/c1-3-14-8(11)7(10)9(12)15-6-4-5-13-2/h7H,3-6H2,1-2H3. The number of alkyl halides is 1. The molecule has 6 heteroatoms. The largest absolute Gasteiger partial charge is 0.463 e. The second-order valence-corrected chi connectivity index (χ2v) is 2.63. The SMILES string of the molecule is CCOC(=O)C(F)C(=O)OCCCOC. The molecule has 0 spiro atoms. The Bertz CT molecular complexity index is 207. The van der Waals surface area contributed by atoms with E-state index in [9.17, 15) is 14.0 Å². The summed E-state index contributed by atoms with van der Waals surface area (Å²) in [7, 11) is 1.50. The van der Waals surface area contributed by atoms with Crippen LogP contribution in [0, 0.1) is 0 Å². The fourth-order valence-corrected chi connectivity index (χ4v) is 0.761. The molecular formula is C9H15FO5. The molecule has 1 atom stereocenters. The van der Waals surface area contributed by atoms with Crippen molar-refractivity contribution < 1.29 is 28.2 Å². The van der Waals surface area contributed by atoms with Gasteiger partial charge in [0, 0.05) is 20.1 Å². The molecule has 5 nitrogen and oxygen atoms in total. The molecule has 0 aromatic carbocycles. The third-order valence-corrected chi connectivity index (χ3v) is 1.44. The highest BCUT2D eigenvalue weighted by molar-refractivity contribution is 5.97. The van der Waals surface area contributed by atoms with Crippen molar-refractivity contribution >= 4 is 11.9 Å². The highest BCUT2D eigenvalue weighted by atomic mass is 19.1. The Morgan fingerprint density at radius 3 is 2.33 bits per heavy atom. The molecule has 1 unspecified atom stereocenters. The Morgan fingerprint density at radius 1 is 1.20 bits per heavy atom. The van der Waals surface area contributed by atoms with Gasteiger partial charge >= 0.3 is 11.9 Å². The van der Waals surface area contributed by atoms with Crippen LogP contribution in [-0.4, -0.2) is 45.0 Å². The Kier molecular flexibility index (Phi) is 7.53. The Morgan fingerprint density at radius 2 is 1.80 bits per heavy atom. The lowest BCUT2D eigenvalue weighted by molar-refractivity contribution is -0.163. The monoisotopic (exact) mass is 222 g/mol. The third kappa shape index (κ3) is 6.01. The van der Waals surface area contributed by atoms with Crippen molar-refractivity contribution in [3.8, 4) is 0 Å². The summed E-state index contributed by atoms with van der Waals surface area (Å²) in [6.07, 6.45) is -1.90. The minimum Gasteiger partial charge on any atom is -0.463 e. The molecular weight excluding hydrogens is 207 g/mol. The summed E-state index contributed by atoms with van der Waals surface area (Å²) in [6.45, 7) is 1.97.